The number of hydrogen-bond acceptors (Lipinski definition) is 6. The fourth-order valence-electron chi connectivity index (χ4n) is 2.92. The topological polar surface area (TPSA) is 52.1 Å². The Hall–Kier alpha value is -1.14. The Bertz CT molecular complexity index is 742. The number of thioether (sulfide) groups is 1. The van der Waals surface area contributed by atoms with Crippen LogP contribution in [-0.4, -0.2) is 27.8 Å². The molecule has 0 radical (unpaired) electrons. The molecule has 2 aromatic heterocycles. The minimum atomic E-state index is -0.264. The van der Waals surface area contributed by atoms with Crippen LogP contribution in [0.1, 0.15) is 44.6 Å². The van der Waals surface area contributed by atoms with Crippen LogP contribution in [0, 0.1) is 11.8 Å². The summed E-state index contributed by atoms with van der Waals surface area (Å²) in [6, 6.07) is 0. The summed E-state index contributed by atoms with van der Waals surface area (Å²) in [6.07, 6.45) is 5.04. The third-order valence-corrected chi connectivity index (χ3v) is 6.48. The molecule has 2 heterocycles. The lowest BCUT2D eigenvalue weighted by Crippen LogP contribution is -2.19. The summed E-state index contributed by atoms with van der Waals surface area (Å²) in [5.41, 5.74) is 1.40. The summed E-state index contributed by atoms with van der Waals surface area (Å²) < 4.78 is 5.36. The SMILES string of the molecule is CC(C)COC(=O)[C@H](C)Sc1ncnc2sc3c(c12)CC[C@@H](C)C3. The van der Waals surface area contributed by atoms with Crippen molar-refractivity contribution in [2.75, 3.05) is 6.61 Å². The summed E-state index contributed by atoms with van der Waals surface area (Å²) in [6.45, 7) is 8.74. The molecule has 0 saturated heterocycles. The zero-order valence-corrected chi connectivity index (χ0v) is 16.3. The van der Waals surface area contributed by atoms with Gasteiger partial charge in [0.05, 0.1) is 6.61 Å². The van der Waals surface area contributed by atoms with Gasteiger partial charge in [-0.05, 0) is 43.6 Å². The van der Waals surface area contributed by atoms with Crippen molar-refractivity contribution in [1.29, 1.82) is 0 Å². The quantitative estimate of drug-likeness (QED) is 0.444. The number of rotatable bonds is 5. The van der Waals surface area contributed by atoms with Gasteiger partial charge in [-0.15, -0.1) is 11.3 Å². The lowest BCUT2D eigenvalue weighted by atomic mass is 9.89. The number of ether oxygens (including phenoxy) is 1. The number of nitrogens with zero attached hydrogens (tertiary/aromatic N) is 2. The smallest absolute Gasteiger partial charge is 0.319 e. The van der Waals surface area contributed by atoms with E-state index in [4.69, 9.17) is 4.74 Å². The van der Waals surface area contributed by atoms with Crippen LogP contribution in [0.2, 0.25) is 0 Å². The number of carbonyl (C=O) groups excluding carboxylic acids is 1. The third-order valence-electron chi connectivity index (χ3n) is 4.24. The number of thiophene rings is 1. The van der Waals surface area contributed by atoms with Gasteiger partial charge in [-0.3, -0.25) is 4.79 Å². The van der Waals surface area contributed by atoms with Crippen molar-refractivity contribution in [2.24, 2.45) is 11.8 Å². The molecular formula is C18H24N2O2S2. The molecule has 0 aliphatic heterocycles. The maximum Gasteiger partial charge on any atom is 0.319 e. The fourth-order valence-corrected chi connectivity index (χ4v) is 5.28. The Morgan fingerprint density at radius 3 is 2.96 bits per heavy atom. The first kappa shape index (κ1) is 17.7. The van der Waals surface area contributed by atoms with Gasteiger partial charge in [0.15, 0.2) is 0 Å². The van der Waals surface area contributed by atoms with Crippen molar-refractivity contribution in [3.63, 3.8) is 0 Å². The first-order chi connectivity index (χ1) is 11.5. The molecule has 0 spiro atoms. The Labute approximate surface area is 151 Å². The van der Waals surface area contributed by atoms with E-state index in [9.17, 15) is 4.79 Å². The normalized spacial score (nSPS) is 18.6. The zero-order valence-electron chi connectivity index (χ0n) is 14.7. The molecule has 24 heavy (non-hydrogen) atoms. The molecule has 0 fully saturated rings. The molecule has 0 N–H and O–H groups in total. The highest BCUT2D eigenvalue weighted by Gasteiger charge is 2.25. The largest absolute Gasteiger partial charge is 0.465 e. The molecule has 4 nitrogen and oxygen atoms in total. The Morgan fingerprint density at radius 2 is 2.21 bits per heavy atom. The van der Waals surface area contributed by atoms with Crippen LogP contribution in [0.3, 0.4) is 0 Å². The molecule has 0 aromatic carbocycles. The van der Waals surface area contributed by atoms with E-state index in [0.717, 1.165) is 34.0 Å². The van der Waals surface area contributed by atoms with Crippen molar-refractivity contribution < 1.29 is 9.53 Å². The number of aryl methyl sites for hydroxylation is 1. The highest BCUT2D eigenvalue weighted by molar-refractivity contribution is 8.00. The van der Waals surface area contributed by atoms with Gasteiger partial charge in [0.1, 0.15) is 21.4 Å². The van der Waals surface area contributed by atoms with Gasteiger partial charge in [-0.2, -0.15) is 0 Å². The third kappa shape index (κ3) is 3.75. The number of esters is 1. The molecule has 2 aromatic rings. The highest BCUT2D eigenvalue weighted by atomic mass is 32.2. The average Bonchev–Trinajstić information content (AvgIpc) is 2.90. The van der Waals surface area contributed by atoms with Gasteiger partial charge < -0.3 is 4.74 Å². The maximum atomic E-state index is 12.2. The van der Waals surface area contributed by atoms with E-state index in [1.54, 1.807) is 17.7 Å². The molecule has 1 aliphatic rings. The van der Waals surface area contributed by atoms with Crippen LogP contribution in [0.15, 0.2) is 11.4 Å². The monoisotopic (exact) mass is 364 g/mol. The van der Waals surface area contributed by atoms with E-state index in [2.05, 4.69) is 16.9 Å². The molecule has 0 bridgehead atoms. The van der Waals surface area contributed by atoms with E-state index in [1.807, 2.05) is 20.8 Å². The van der Waals surface area contributed by atoms with E-state index < -0.39 is 0 Å². The Balaban J connectivity index is 1.83. The number of fused-ring (bicyclic) bond motifs is 3. The number of aromatic nitrogens is 2. The molecule has 3 rings (SSSR count). The van der Waals surface area contributed by atoms with Crippen molar-refractivity contribution in [1.82, 2.24) is 9.97 Å². The molecule has 1 aliphatic carbocycles. The highest BCUT2D eigenvalue weighted by Crippen LogP contribution is 2.41. The van der Waals surface area contributed by atoms with E-state index in [-0.39, 0.29) is 11.2 Å². The van der Waals surface area contributed by atoms with Crippen molar-refractivity contribution >= 4 is 39.3 Å². The van der Waals surface area contributed by atoms with Gasteiger partial charge >= 0.3 is 5.97 Å². The van der Waals surface area contributed by atoms with E-state index in [0.29, 0.717) is 12.5 Å². The Kier molecular flexibility index (Phi) is 5.45. The maximum absolute atomic E-state index is 12.2. The van der Waals surface area contributed by atoms with E-state index in [1.165, 1.54) is 28.6 Å². The zero-order chi connectivity index (χ0) is 17.3. The minimum Gasteiger partial charge on any atom is -0.465 e. The number of carbonyl (C=O) groups is 1. The first-order valence-corrected chi connectivity index (χ1v) is 10.2. The molecule has 6 heteroatoms. The summed E-state index contributed by atoms with van der Waals surface area (Å²) in [7, 11) is 0. The van der Waals surface area contributed by atoms with Gasteiger partial charge in [0.25, 0.3) is 0 Å². The summed E-state index contributed by atoms with van der Waals surface area (Å²) in [4.78, 5) is 23.6. The second-order valence-electron chi connectivity index (χ2n) is 6.99. The van der Waals surface area contributed by atoms with Gasteiger partial charge in [-0.25, -0.2) is 9.97 Å². The predicted molar refractivity (Wildman–Crippen MR) is 99.7 cm³/mol. The van der Waals surface area contributed by atoms with Crippen LogP contribution < -0.4 is 0 Å². The van der Waals surface area contributed by atoms with Gasteiger partial charge in [-0.1, -0.05) is 32.5 Å². The minimum absolute atomic E-state index is 0.168. The molecule has 0 amide bonds. The van der Waals surface area contributed by atoms with Gasteiger partial charge in [0.2, 0.25) is 0 Å². The molecule has 0 unspecified atom stereocenters. The van der Waals surface area contributed by atoms with Crippen LogP contribution in [0.25, 0.3) is 10.2 Å². The lowest BCUT2D eigenvalue weighted by molar-refractivity contribution is -0.143. The van der Waals surface area contributed by atoms with Crippen molar-refractivity contribution in [3.8, 4) is 0 Å². The summed E-state index contributed by atoms with van der Waals surface area (Å²) in [5, 5.41) is 1.82. The second-order valence-corrected chi connectivity index (χ2v) is 9.41. The summed E-state index contributed by atoms with van der Waals surface area (Å²) >= 11 is 3.28. The predicted octanol–water partition coefficient (Wildman–Crippen LogP) is 4.50. The van der Waals surface area contributed by atoms with Crippen LogP contribution in [0.4, 0.5) is 0 Å². The van der Waals surface area contributed by atoms with Crippen LogP contribution in [-0.2, 0) is 22.4 Å². The number of hydrogen-bond donors (Lipinski definition) is 0. The first-order valence-electron chi connectivity index (χ1n) is 8.54. The van der Waals surface area contributed by atoms with E-state index >= 15 is 0 Å². The molecular weight excluding hydrogens is 340 g/mol. The molecule has 0 saturated carbocycles. The van der Waals surface area contributed by atoms with Crippen LogP contribution >= 0.6 is 23.1 Å². The standard InChI is InChI=1S/C18H24N2O2S2/c1-10(2)8-22-18(21)12(4)23-16-15-13-6-5-11(3)7-14(13)24-17(15)20-9-19-16/h9-12H,5-8H2,1-4H3/t11-,12+/m1/s1. The van der Waals surface area contributed by atoms with Crippen molar-refractivity contribution in [2.45, 2.75) is 57.2 Å². The molecule has 2 atom stereocenters. The lowest BCUT2D eigenvalue weighted by Gasteiger charge is -2.18. The average molecular weight is 365 g/mol. The van der Waals surface area contributed by atoms with Crippen molar-refractivity contribution in [3.05, 3.63) is 16.8 Å². The Morgan fingerprint density at radius 1 is 1.42 bits per heavy atom. The molecule has 130 valence electrons. The fraction of sp³-hybridized carbons (Fsp3) is 0.611. The second kappa shape index (κ2) is 7.40. The summed E-state index contributed by atoms with van der Waals surface area (Å²) in [5.74, 6) is 0.917. The van der Waals surface area contributed by atoms with Crippen LogP contribution in [0.5, 0.6) is 0 Å². The van der Waals surface area contributed by atoms with Gasteiger partial charge in [0, 0.05) is 10.3 Å².